The first kappa shape index (κ1) is 17.4. The average Bonchev–Trinajstić information content (AvgIpc) is 2.97. The Morgan fingerprint density at radius 1 is 1.24 bits per heavy atom. The SMILES string of the molecule is CCn1c(=NC(=O)c2ccccc2OC)sc2cc(C(C)C)ccc21. The number of carbonyl (C=O) groups is 1. The van der Waals surface area contributed by atoms with Crippen molar-refractivity contribution in [3.8, 4) is 5.75 Å². The second kappa shape index (κ2) is 7.23. The molecule has 0 radical (unpaired) electrons. The minimum atomic E-state index is -0.282. The summed E-state index contributed by atoms with van der Waals surface area (Å²) in [6, 6.07) is 13.6. The fourth-order valence-electron chi connectivity index (χ4n) is 2.81. The van der Waals surface area contributed by atoms with Crippen LogP contribution in [-0.2, 0) is 6.54 Å². The Morgan fingerprint density at radius 3 is 2.68 bits per heavy atom. The summed E-state index contributed by atoms with van der Waals surface area (Å²) in [6.07, 6.45) is 0. The second-order valence-electron chi connectivity index (χ2n) is 6.13. The van der Waals surface area contributed by atoms with E-state index in [-0.39, 0.29) is 5.91 Å². The molecule has 0 spiro atoms. The van der Waals surface area contributed by atoms with Gasteiger partial charge in [-0.2, -0.15) is 4.99 Å². The Balaban J connectivity index is 2.13. The number of para-hydroxylation sites is 1. The van der Waals surface area contributed by atoms with Crippen LogP contribution in [0.3, 0.4) is 0 Å². The molecule has 1 aromatic heterocycles. The van der Waals surface area contributed by atoms with Gasteiger partial charge in [-0.15, -0.1) is 0 Å². The van der Waals surface area contributed by atoms with Gasteiger partial charge < -0.3 is 9.30 Å². The Labute approximate surface area is 151 Å². The monoisotopic (exact) mass is 354 g/mol. The summed E-state index contributed by atoms with van der Waals surface area (Å²) in [5, 5.41) is 0. The molecule has 0 aliphatic rings. The first-order valence-corrected chi connectivity index (χ1v) is 9.22. The number of hydrogen-bond acceptors (Lipinski definition) is 3. The van der Waals surface area contributed by atoms with Crippen LogP contribution in [-0.4, -0.2) is 17.6 Å². The molecule has 0 bridgehead atoms. The van der Waals surface area contributed by atoms with Crippen LogP contribution < -0.4 is 9.54 Å². The van der Waals surface area contributed by atoms with Crippen molar-refractivity contribution in [3.05, 3.63) is 58.4 Å². The van der Waals surface area contributed by atoms with Crippen LogP contribution in [0.2, 0.25) is 0 Å². The van der Waals surface area contributed by atoms with Gasteiger partial charge in [0, 0.05) is 6.54 Å². The van der Waals surface area contributed by atoms with Crippen molar-refractivity contribution in [2.24, 2.45) is 4.99 Å². The van der Waals surface area contributed by atoms with E-state index in [4.69, 9.17) is 4.74 Å². The lowest BCUT2D eigenvalue weighted by Crippen LogP contribution is -2.16. The van der Waals surface area contributed by atoms with E-state index in [0.29, 0.717) is 22.0 Å². The zero-order valence-corrected chi connectivity index (χ0v) is 15.8. The molecule has 2 aromatic carbocycles. The van der Waals surface area contributed by atoms with Crippen LogP contribution in [0.4, 0.5) is 0 Å². The highest BCUT2D eigenvalue weighted by Crippen LogP contribution is 2.24. The van der Waals surface area contributed by atoms with E-state index in [2.05, 4.69) is 48.5 Å². The van der Waals surface area contributed by atoms with Crippen LogP contribution in [0.25, 0.3) is 10.2 Å². The van der Waals surface area contributed by atoms with Crippen LogP contribution in [0.1, 0.15) is 42.6 Å². The zero-order chi connectivity index (χ0) is 18.0. The van der Waals surface area contributed by atoms with Gasteiger partial charge in [0.1, 0.15) is 5.75 Å². The highest BCUT2D eigenvalue weighted by Gasteiger charge is 2.13. The predicted molar refractivity (Wildman–Crippen MR) is 102 cm³/mol. The van der Waals surface area contributed by atoms with Gasteiger partial charge in [-0.05, 0) is 42.7 Å². The maximum absolute atomic E-state index is 12.7. The summed E-state index contributed by atoms with van der Waals surface area (Å²) in [6.45, 7) is 7.19. The van der Waals surface area contributed by atoms with Crippen LogP contribution in [0.5, 0.6) is 5.75 Å². The third kappa shape index (κ3) is 3.37. The molecule has 130 valence electrons. The van der Waals surface area contributed by atoms with Gasteiger partial charge in [0.05, 0.1) is 22.9 Å². The Hall–Kier alpha value is -2.40. The van der Waals surface area contributed by atoms with E-state index >= 15 is 0 Å². The van der Waals surface area contributed by atoms with Gasteiger partial charge in [0.15, 0.2) is 4.80 Å². The molecule has 3 aromatic rings. The fraction of sp³-hybridized carbons (Fsp3) is 0.300. The molecule has 0 aliphatic carbocycles. The first-order chi connectivity index (χ1) is 12.0. The molecule has 25 heavy (non-hydrogen) atoms. The minimum absolute atomic E-state index is 0.282. The number of methoxy groups -OCH3 is 1. The highest BCUT2D eigenvalue weighted by atomic mass is 32.1. The molecule has 0 atom stereocenters. The first-order valence-electron chi connectivity index (χ1n) is 8.40. The van der Waals surface area contributed by atoms with E-state index < -0.39 is 0 Å². The molecule has 0 N–H and O–H groups in total. The van der Waals surface area contributed by atoms with Crippen molar-refractivity contribution < 1.29 is 9.53 Å². The summed E-state index contributed by atoms with van der Waals surface area (Å²) in [4.78, 5) is 17.8. The quantitative estimate of drug-likeness (QED) is 0.687. The molecular formula is C20H22N2O2S. The standard InChI is InChI=1S/C20H22N2O2S/c1-5-22-16-11-10-14(13(2)3)12-18(16)25-20(22)21-19(23)15-8-6-7-9-17(15)24-4/h6-13H,5H2,1-4H3. The third-order valence-electron chi connectivity index (χ3n) is 4.22. The highest BCUT2D eigenvalue weighted by molar-refractivity contribution is 7.16. The minimum Gasteiger partial charge on any atom is -0.496 e. The number of amides is 1. The molecule has 0 unspecified atom stereocenters. The van der Waals surface area contributed by atoms with Crippen LogP contribution >= 0.6 is 11.3 Å². The zero-order valence-electron chi connectivity index (χ0n) is 14.9. The number of fused-ring (bicyclic) bond motifs is 1. The summed E-state index contributed by atoms with van der Waals surface area (Å²) in [5.74, 6) is 0.731. The summed E-state index contributed by atoms with van der Waals surface area (Å²) >= 11 is 1.55. The lowest BCUT2D eigenvalue weighted by atomic mass is 10.0. The Morgan fingerprint density at radius 2 is 2.00 bits per heavy atom. The fourth-order valence-corrected chi connectivity index (χ4v) is 3.95. The van der Waals surface area contributed by atoms with Crippen molar-refractivity contribution in [1.29, 1.82) is 0 Å². The topological polar surface area (TPSA) is 43.6 Å². The van der Waals surface area contributed by atoms with E-state index in [1.165, 1.54) is 5.56 Å². The van der Waals surface area contributed by atoms with E-state index in [9.17, 15) is 4.79 Å². The lowest BCUT2D eigenvalue weighted by molar-refractivity contribution is 0.0995. The summed E-state index contributed by atoms with van der Waals surface area (Å²) < 4.78 is 8.51. The maximum Gasteiger partial charge on any atom is 0.283 e. The molecule has 1 heterocycles. The van der Waals surface area contributed by atoms with Crippen molar-refractivity contribution in [1.82, 2.24) is 4.57 Å². The number of thiazole rings is 1. The molecule has 0 saturated carbocycles. The van der Waals surface area contributed by atoms with Crippen molar-refractivity contribution in [2.45, 2.75) is 33.2 Å². The number of hydrogen-bond donors (Lipinski definition) is 0. The van der Waals surface area contributed by atoms with E-state index in [0.717, 1.165) is 16.8 Å². The number of ether oxygens (including phenoxy) is 1. The number of aryl methyl sites for hydroxylation is 1. The van der Waals surface area contributed by atoms with Gasteiger partial charge in [0.2, 0.25) is 0 Å². The molecule has 0 saturated heterocycles. The molecule has 0 aliphatic heterocycles. The van der Waals surface area contributed by atoms with Crippen molar-refractivity contribution >= 4 is 27.5 Å². The van der Waals surface area contributed by atoms with E-state index in [1.807, 2.05) is 12.1 Å². The van der Waals surface area contributed by atoms with Crippen molar-refractivity contribution in [3.63, 3.8) is 0 Å². The molecule has 1 amide bonds. The van der Waals surface area contributed by atoms with Gasteiger partial charge in [-0.25, -0.2) is 0 Å². The smallest absolute Gasteiger partial charge is 0.283 e. The van der Waals surface area contributed by atoms with Gasteiger partial charge in [-0.1, -0.05) is 43.4 Å². The van der Waals surface area contributed by atoms with Crippen LogP contribution in [0, 0.1) is 0 Å². The normalized spacial score (nSPS) is 12.1. The van der Waals surface area contributed by atoms with Crippen LogP contribution in [0.15, 0.2) is 47.5 Å². The van der Waals surface area contributed by atoms with Gasteiger partial charge in [-0.3, -0.25) is 4.79 Å². The van der Waals surface area contributed by atoms with Gasteiger partial charge in [0.25, 0.3) is 5.91 Å². The van der Waals surface area contributed by atoms with Gasteiger partial charge >= 0.3 is 0 Å². The summed E-state index contributed by atoms with van der Waals surface area (Å²) in [7, 11) is 1.56. The molecular weight excluding hydrogens is 332 g/mol. The average molecular weight is 354 g/mol. The third-order valence-corrected chi connectivity index (χ3v) is 5.27. The molecule has 4 nitrogen and oxygen atoms in total. The second-order valence-corrected chi connectivity index (χ2v) is 7.14. The molecule has 3 rings (SSSR count). The summed E-state index contributed by atoms with van der Waals surface area (Å²) in [5.41, 5.74) is 2.89. The van der Waals surface area contributed by atoms with Crippen molar-refractivity contribution in [2.75, 3.05) is 7.11 Å². The molecule has 5 heteroatoms. The number of benzene rings is 2. The van der Waals surface area contributed by atoms with E-state index in [1.54, 1.807) is 30.6 Å². The Bertz CT molecular complexity index is 983. The molecule has 0 fully saturated rings. The number of carbonyl (C=O) groups excluding carboxylic acids is 1. The number of aromatic nitrogens is 1. The maximum atomic E-state index is 12.7. The predicted octanol–water partition coefficient (Wildman–Crippen LogP) is 4.60. The number of rotatable bonds is 4. The largest absolute Gasteiger partial charge is 0.496 e. The lowest BCUT2D eigenvalue weighted by Gasteiger charge is -2.06. The Kier molecular flexibility index (Phi) is 5.04. The number of nitrogens with zero attached hydrogens (tertiary/aromatic N) is 2.